The predicted molar refractivity (Wildman–Crippen MR) is 121 cm³/mol. The molecule has 174 valence electrons. The number of fused-ring (bicyclic) bond motifs is 3. The predicted octanol–water partition coefficient (Wildman–Crippen LogP) is 2.74. The molecule has 0 unspecified atom stereocenters. The van der Waals surface area contributed by atoms with Crippen LogP contribution in [0.4, 0.5) is 4.79 Å². The van der Waals surface area contributed by atoms with Crippen molar-refractivity contribution in [3.05, 3.63) is 59.7 Å². The van der Waals surface area contributed by atoms with Gasteiger partial charge in [0.15, 0.2) is 5.60 Å². The maximum atomic E-state index is 12.5. The van der Waals surface area contributed by atoms with Crippen LogP contribution in [0.3, 0.4) is 0 Å². The van der Waals surface area contributed by atoms with E-state index in [9.17, 15) is 19.5 Å². The Hall–Kier alpha value is -3.39. The molecule has 1 fully saturated rings. The molecule has 33 heavy (non-hydrogen) atoms. The molecule has 2 aliphatic rings. The van der Waals surface area contributed by atoms with Gasteiger partial charge in [0.05, 0.1) is 0 Å². The largest absolute Gasteiger partial charge is 0.479 e. The number of benzene rings is 2. The SMILES string of the molecule is C[C@H](CC(=O)N1CCC(O)(C(=O)O)CC1)NC(=O)OCC1c2ccccc2-c2ccccc21. The number of aliphatic carboxylic acids is 1. The molecule has 1 atom stereocenters. The number of rotatable bonds is 6. The number of carbonyl (C=O) groups excluding carboxylic acids is 2. The number of hydrogen-bond acceptors (Lipinski definition) is 5. The van der Waals surface area contributed by atoms with Crippen molar-refractivity contribution in [2.75, 3.05) is 19.7 Å². The van der Waals surface area contributed by atoms with Crippen LogP contribution >= 0.6 is 0 Å². The third-order valence-electron chi connectivity index (χ3n) is 6.53. The van der Waals surface area contributed by atoms with Gasteiger partial charge in [-0.15, -0.1) is 0 Å². The molecule has 3 N–H and O–H groups in total. The monoisotopic (exact) mass is 452 g/mol. The lowest BCUT2D eigenvalue weighted by molar-refractivity contribution is -0.165. The third kappa shape index (κ3) is 4.71. The van der Waals surface area contributed by atoms with Crippen molar-refractivity contribution in [2.45, 2.75) is 43.7 Å². The summed E-state index contributed by atoms with van der Waals surface area (Å²) in [5, 5.41) is 21.8. The average molecular weight is 453 g/mol. The van der Waals surface area contributed by atoms with Gasteiger partial charge < -0.3 is 25.2 Å². The number of alkyl carbamates (subject to hydrolysis) is 1. The first-order valence-corrected chi connectivity index (χ1v) is 11.1. The number of nitrogens with one attached hydrogen (secondary N) is 1. The van der Waals surface area contributed by atoms with Gasteiger partial charge in [-0.05, 0) is 29.2 Å². The van der Waals surface area contributed by atoms with E-state index in [0.717, 1.165) is 22.3 Å². The Balaban J connectivity index is 1.28. The minimum atomic E-state index is -1.78. The Morgan fingerprint density at radius 3 is 2.15 bits per heavy atom. The zero-order chi connectivity index (χ0) is 23.6. The van der Waals surface area contributed by atoms with Crippen molar-refractivity contribution in [3.63, 3.8) is 0 Å². The van der Waals surface area contributed by atoms with Gasteiger partial charge in [0.25, 0.3) is 0 Å². The number of carbonyl (C=O) groups is 3. The van der Waals surface area contributed by atoms with E-state index in [1.54, 1.807) is 6.92 Å². The summed E-state index contributed by atoms with van der Waals surface area (Å²) >= 11 is 0. The molecule has 8 nitrogen and oxygen atoms in total. The number of amides is 2. The lowest BCUT2D eigenvalue weighted by Gasteiger charge is -2.35. The summed E-state index contributed by atoms with van der Waals surface area (Å²) in [6.07, 6.45) is -0.545. The van der Waals surface area contributed by atoms with Crippen LogP contribution < -0.4 is 5.32 Å². The van der Waals surface area contributed by atoms with Crippen molar-refractivity contribution >= 4 is 18.0 Å². The van der Waals surface area contributed by atoms with Gasteiger partial charge >= 0.3 is 12.1 Å². The summed E-state index contributed by atoms with van der Waals surface area (Å²) in [6, 6.07) is 15.7. The summed E-state index contributed by atoms with van der Waals surface area (Å²) in [5.41, 5.74) is 2.78. The number of carboxylic acids is 1. The third-order valence-corrected chi connectivity index (χ3v) is 6.53. The molecule has 1 aliphatic heterocycles. The van der Waals surface area contributed by atoms with Gasteiger partial charge in [0.1, 0.15) is 6.61 Å². The molecule has 8 heteroatoms. The summed E-state index contributed by atoms with van der Waals surface area (Å²) in [7, 11) is 0. The minimum absolute atomic E-state index is 0.0116. The lowest BCUT2D eigenvalue weighted by atomic mass is 9.91. The van der Waals surface area contributed by atoms with Gasteiger partial charge in [-0.2, -0.15) is 0 Å². The Bertz CT molecular complexity index is 1010. The molecule has 4 rings (SSSR count). The van der Waals surface area contributed by atoms with Gasteiger partial charge in [-0.1, -0.05) is 48.5 Å². The molecule has 0 spiro atoms. The molecule has 1 aliphatic carbocycles. The highest BCUT2D eigenvalue weighted by Gasteiger charge is 2.40. The smallest absolute Gasteiger partial charge is 0.407 e. The quantitative estimate of drug-likeness (QED) is 0.621. The van der Waals surface area contributed by atoms with Gasteiger partial charge in [0.2, 0.25) is 5.91 Å². The molecule has 0 aromatic heterocycles. The molecule has 2 aromatic rings. The second-order valence-electron chi connectivity index (χ2n) is 8.79. The van der Waals surface area contributed by atoms with E-state index in [-0.39, 0.29) is 50.8 Å². The fraction of sp³-hybridized carbons (Fsp3) is 0.400. The van der Waals surface area contributed by atoms with Gasteiger partial charge in [0, 0.05) is 44.3 Å². The molecular formula is C25H28N2O6. The molecule has 1 heterocycles. The Morgan fingerprint density at radius 1 is 1.06 bits per heavy atom. The van der Waals surface area contributed by atoms with E-state index in [1.165, 1.54) is 4.90 Å². The van der Waals surface area contributed by atoms with E-state index in [0.29, 0.717) is 0 Å². The number of ether oxygens (including phenoxy) is 1. The summed E-state index contributed by atoms with van der Waals surface area (Å²) in [6.45, 7) is 2.25. The van der Waals surface area contributed by atoms with Crippen molar-refractivity contribution in [1.82, 2.24) is 10.2 Å². The highest BCUT2D eigenvalue weighted by molar-refractivity contribution is 5.81. The minimum Gasteiger partial charge on any atom is -0.479 e. The average Bonchev–Trinajstić information content (AvgIpc) is 3.11. The van der Waals surface area contributed by atoms with Crippen LogP contribution in [0.1, 0.15) is 43.2 Å². The number of nitrogens with zero attached hydrogens (tertiary/aromatic N) is 1. The van der Waals surface area contributed by atoms with Crippen LogP contribution in [0, 0.1) is 0 Å². The van der Waals surface area contributed by atoms with Crippen LogP contribution in [0.5, 0.6) is 0 Å². The Morgan fingerprint density at radius 2 is 1.61 bits per heavy atom. The van der Waals surface area contributed by atoms with Gasteiger partial charge in [-0.3, -0.25) is 4.79 Å². The maximum Gasteiger partial charge on any atom is 0.407 e. The first-order valence-electron chi connectivity index (χ1n) is 11.1. The summed E-state index contributed by atoms with van der Waals surface area (Å²) in [4.78, 5) is 37.6. The summed E-state index contributed by atoms with van der Waals surface area (Å²) < 4.78 is 5.52. The van der Waals surface area contributed by atoms with Crippen LogP contribution in [0.15, 0.2) is 48.5 Å². The van der Waals surface area contributed by atoms with Crippen molar-refractivity contribution in [1.29, 1.82) is 0 Å². The first kappa shape index (κ1) is 22.8. The maximum absolute atomic E-state index is 12.5. The fourth-order valence-corrected chi connectivity index (χ4v) is 4.62. The second-order valence-corrected chi connectivity index (χ2v) is 8.79. The zero-order valence-corrected chi connectivity index (χ0v) is 18.5. The number of carboxylic acid groups (broad SMARTS) is 1. The van der Waals surface area contributed by atoms with Crippen LogP contribution in [-0.4, -0.2) is 64.4 Å². The molecule has 0 radical (unpaired) electrons. The summed E-state index contributed by atoms with van der Waals surface area (Å²) in [5.74, 6) is -1.50. The topological polar surface area (TPSA) is 116 Å². The van der Waals surface area contributed by atoms with Crippen LogP contribution in [-0.2, 0) is 14.3 Å². The van der Waals surface area contributed by atoms with E-state index in [2.05, 4.69) is 17.4 Å². The van der Waals surface area contributed by atoms with E-state index < -0.39 is 23.7 Å². The van der Waals surface area contributed by atoms with E-state index >= 15 is 0 Å². The number of piperidine rings is 1. The number of aliphatic hydroxyl groups is 1. The highest BCUT2D eigenvalue weighted by atomic mass is 16.5. The van der Waals surface area contributed by atoms with Crippen molar-refractivity contribution in [3.8, 4) is 11.1 Å². The highest BCUT2D eigenvalue weighted by Crippen LogP contribution is 2.44. The van der Waals surface area contributed by atoms with Crippen molar-refractivity contribution in [2.24, 2.45) is 0 Å². The molecule has 2 amide bonds. The Kier molecular flexibility index (Phi) is 6.37. The van der Waals surface area contributed by atoms with Gasteiger partial charge in [-0.25, -0.2) is 9.59 Å². The van der Waals surface area contributed by atoms with E-state index in [4.69, 9.17) is 9.84 Å². The number of hydrogen-bond donors (Lipinski definition) is 3. The van der Waals surface area contributed by atoms with Crippen LogP contribution in [0.2, 0.25) is 0 Å². The zero-order valence-electron chi connectivity index (χ0n) is 18.5. The normalized spacial score (nSPS) is 17.6. The molecule has 0 saturated carbocycles. The molecule has 1 saturated heterocycles. The number of likely N-dealkylation sites (tertiary alicyclic amines) is 1. The first-order chi connectivity index (χ1) is 15.8. The fourth-order valence-electron chi connectivity index (χ4n) is 4.62. The molecule has 0 bridgehead atoms. The van der Waals surface area contributed by atoms with E-state index in [1.807, 2.05) is 36.4 Å². The lowest BCUT2D eigenvalue weighted by Crippen LogP contribution is -2.51. The van der Waals surface area contributed by atoms with Crippen LogP contribution in [0.25, 0.3) is 11.1 Å². The molecular weight excluding hydrogens is 424 g/mol. The standard InChI is InChI=1S/C25H28N2O6/c1-16(14-22(28)27-12-10-25(32,11-13-27)23(29)30)26-24(31)33-15-21-19-8-4-2-6-17(19)18-7-3-5-9-20(18)21/h2-9,16,21,32H,10-15H2,1H3,(H,26,31)(H,29,30)/t16-/m1/s1. The second kappa shape index (κ2) is 9.23. The van der Waals surface area contributed by atoms with Crippen molar-refractivity contribution < 1.29 is 29.3 Å². The molecule has 2 aromatic carbocycles. The Labute approximate surface area is 192 Å².